The summed E-state index contributed by atoms with van der Waals surface area (Å²) in [4.78, 5) is 11.7. The second kappa shape index (κ2) is 8.09. The van der Waals surface area contributed by atoms with E-state index in [-0.39, 0.29) is 6.03 Å². The number of aliphatic hydroxyl groups excluding tert-OH is 1. The molecule has 2 amide bonds. The maximum atomic E-state index is 11.7. The summed E-state index contributed by atoms with van der Waals surface area (Å²) in [6.07, 6.45) is 1.16. The minimum absolute atomic E-state index is 0.323. The molecule has 2 rings (SSSR count). The van der Waals surface area contributed by atoms with E-state index in [1.165, 1.54) is 6.26 Å². The fourth-order valence-electron chi connectivity index (χ4n) is 1.92. The van der Waals surface area contributed by atoms with Crippen LogP contribution in [-0.2, 0) is 0 Å². The molecule has 6 heteroatoms. The molecule has 0 saturated heterocycles. The van der Waals surface area contributed by atoms with Crippen LogP contribution in [-0.4, -0.2) is 24.3 Å². The monoisotopic (exact) mass is 304 g/mol. The minimum Gasteiger partial charge on any atom is -0.494 e. The molecule has 0 saturated carbocycles. The van der Waals surface area contributed by atoms with Crippen molar-refractivity contribution in [3.05, 3.63) is 48.4 Å². The molecule has 22 heavy (non-hydrogen) atoms. The highest BCUT2D eigenvalue weighted by molar-refractivity contribution is 5.89. The van der Waals surface area contributed by atoms with E-state index in [1.807, 2.05) is 6.92 Å². The zero-order valence-corrected chi connectivity index (χ0v) is 12.4. The van der Waals surface area contributed by atoms with Crippen molar-refractivity contribution in [1.82, 2.24) is 5.32 Å². The third-order valence-corrected chi connectivity index (χ3v) is 3.00. The van der Waals surface area contributed by atoms with Gasteiger partial charge in [0.05, 0.1) is 12.9 Å². The van der Waals surface area contributed by atoms with Crippen molar-refractivity contribution in [1.29, 1.82) is 0 Å². The number of amides is 2. The first-order chi connectivity index (χ1) is 10.7. The topological polar surface area (TPSA) is 83.7 Å². The molecule has 0 aliphatic carbocycles. The standard InChI is InChI=1S/C16H20N2O4/c1-2-21-13-7-5-12(6-8-13)18-16(20)17-10-9-14(19)15-4-3-11-22-15/h3-8,11,14,19H,2,9-10H2,1H3,(H2,17,18,20). The molecule has 2 aromatic rings. The quantitative estimate of drug-likeness (QED) is 0.734. The van der Waals surface area contributed by atoms with Crippen LogP contribution >= 0.6 is 0 Å². The van der Waals surface area contributed by atoms with Crippen molar-refractivity contribution in [2.45, 2.75) is 19.4 Å². The Labute approximate surface area is 129 Å². The Hall–Kier alpha value is -2.47. The number of aliphatic hydroxyl groups is 1. The minimum atomic E-state index is -0.722. The molecule has 0 aliphatic heterocycles. The van der Waals surface area contributed by atoms with Crippen LogP contribution in [0.5, 0.6) is 5.75 Å². The Morgan fingerprint density at radius 2 is 2.09 bits per heavy atom. The van der Waals surface area contributed by atoms with Gasteiger partial charge in [-0.15, -0.1) is 0 Å². The summed E-state index contributed by atoms with van der Waals surface area (Å²) in [5, 5.41) is 15.2. The van der Waals surface area contributed by atoms with Gasteiger partial charge in [0, 0.05) is 12.2 Å². The number of benzene rings is 1. The van der Waals surface area contributed by atoms with E-state index in [9.17, 15) is 9.90 Å². The molecule has 0 aliphatic rings. The van der Waals surface area contributed by atoms with Gasteiger partial charge >= 0.3 is 6.03 Å². The van der Waals surface area contributed by atoms with E-state index in [4.69, 9.17) is 9.15 Å². The largest absolute Gasteiger partial charge is 0.494 e. The molecule has 3 N–H and O–H groups in total. The first kappa shape index (κ1) is 15.9. The third-order valence-electron chi connectivity index (χ3n) is 3.00. The van der Waals surface area contributed by atoms with E-state index < -0.39 is 6.10 Å². The van der Waals surface area contributed by atoms with Crippen LogP contribution in [0.4, 0.5) is 10.5 Å². The predicted molar refractivity (Wildman–Crippen MR) is 82.9 cm³/mol. The smallest absolute Gasteiger partial charge is 0.319 e. The van der Waals surface area contributed by atoms with Gasteiger partial charge in [0.25, 0.3) is 0 Å². The lowest BCUT2D eigenvalue weighted by Gasteiger charge is -2.10. The predicted octanol–water partition coefficient (Wildman–Crippen LogP) is 2.92. The molecule has 1 aromatic heterocycles. The van der Waals surface area contributed by atoms with Gasteiger partial charge in [-0.05, 0) is 49.7 Å². The van der Waals surface area contributed by atoms with Crippen molar-refractivity contribution < 1.29 is 19.1 Å². The fraction of sp³-hybridized carbons (Fsp3) is 0.312. The molecule has 6 nitrogen and oxygen atoms in total. The highest BCUT2D eigenvalue weighted by Gasteiger charge is 2.10. The Morgan fingerprint density at radius 3 is 2.73 bits per heavy atom. The van der Waals surface area contributed by atoms with Gasteiger partial charge < -0.3 is 24.9 Å². The molecule has 1 atom stereocenters. The average Bonchev–Trinajstić information content (AvgIpc) is 3.04. The van der Waals surface area contributed by atoms with E-state index in [2.05, 4.69) is 10.6 Å². The van der Waals surface area contributed by atoms with Crippen LogP contribution < -0.4 is 15.4 Å². The van der Waals surface area contributed by atoms with Crippen molar-refractivity contribution in [2.24, 2.45) is 0 Å². The molecule has 1 heterocycles. The molecule has 118 valence electrons. The first-order valence-electron chi connectivity index (χ1n) is 7.18. The van der Waals surface area contributed by atoms with Gasteiger partial charge in [0.1, 0.15) is 17.6 Å². The van der Waals surface area contributed by atoms with E-state index in [1.54, 1.807) is 36.4 Å². The molecule has 0 bridgehead atoms. The van der Waals surface area contributed by atoms with Gasteiger partial charge in [0.15, 0.2) is 0 Å². The van der Waals surface area contributed by atoms with Crippen molar-refractivity contribution in [2.75, 3.05) is 18.5 Å². The summed E-state index contributed by atoms with van der Waals surface area (Å²) >= 11 is 0. The molecule has 0 fully saturated rings. The maximum absolute atomic E-state index is 11.7. The maximum Gasteiger partial charge on any atom is 0.319 e. The summed E-state index contributed by atoms with van der Waals surface area (Å²) in [5.74, 6) is 1.25. The van der Waals surface area contributed by atoms with Crippen LogP contribution in [0.2, 0.25) is 0 Å². The van der Waals surface area contributed by atoms with Crippen LogP contribution in [0.1, 0.15) is 25.2 Å². The number of rotatable bonds is 7. The molecular formula is C16H20N2O4. The number of furan rings is 1. The van der Waals surface area contributed by atoms with Crippen LogP contribution in [0.15, 0.2) is 47.1 Å². The van der Waals surface area contributed by atoms with Gasteiger partial charge in [-0.1, -0.05) is 0 Å². The summed E-state index contributed by atoms with van der Waals surface area (Å²) in [6.45, 7) is 2.85. The van der Waals surface area contributed by atoms with Gasteiger partial charge in [-0.3, -0.25) is 0 Å². The van der Waals surface area contributed by atoms with Crippen LogP contribution in [0.3, 0.4) is 0 Å². The average molecular weight is 304 g/mol. The number of anilines is 1. The van der Waals surface area contributed by atoms with E-state index >= 15 is 0 Å². The Balaban J connectivity index is 1.71. The second-order valence-electron chi connectivity index (χ2n) is 4.66. The number of hydrogen-bond donors (Lipinski definition) is 3. The third kappa shape index (κ3) is 4.82. The van der Waals surface area contributed by atoms with Crippen LogP contribution in [0, 0.1) is 0 Å². The van der Waals surface area contributed by atoms with Crippen LogP contribution in [0.25, 0.3) is 0 Å². The van der Waals surface area contributed by atoms with Gasteiger partial charge in [-0.25, -0.2) is 4.79 Å². The van der Waals surface area contributed by atoms with Gasteiger partial charge in [0.2, 0.25) is 0 Å². The Kier molecular flexibility index (Phi) is 5.85. The number of ether oxygens (including phenoxy) is 1. The number of carbonyl (C=O) groups is 1. The Morgan fingerprint density at radius 1 is 1.32 bits per heavy atom. The lowest BCUT2D eigenvalue weighted by Crippen LogP contribution is -2.30. The number of nitrogens with one attached hydrogen (secondary N) is 2. The summed E-state index contributed by atoms with van der Waals surface area (Å²) in [6, 6.07) is 10.2. The SMILES string of the molecule is CCOc1ccc(NC(=O)NCCC(O)c2ccco2)cc1. The zero-order valence-electron chi connectivity index (χ0n) is 12.4. The molecule has 1 unspecified atom stereocenters. The van der Waals surface area contributed by atoms with E-state index in [0.717, 1.165) is 5.75 Å². The molecular weight excluding hydrogens is 284 g/mol. The fourth-order valence-corrected chi connectivity index (χ4v) is 1.92. The second-order valence-corrected chi connectivity index (χ2v) is 4.66. The molecule has 0 radical (unpaired) electrons. The number of urea groups is 1. The number of carbonyl (C=O) groups excluding carboxylic acids is 1. The zero-order chi connectivity index (χ0) is 15.8. The van der Waals surface area contributed by atoms with Crippen molar-refractivity contribution in [3.8, 4) is 5.75 Å². The summed E-state index contributed by atoms with van der Waals surface area (Å²) in [5.41, 5.74) is 0.674. The first-order valence-corrected chi connectivity index (χ1v) is 7.18. The van der Waals surface area contributed by atoms with Gasteiger partial charge in [-0.2, -0.15) is 0 Å². The summed E-state index contributed by atoms with van der Waals surface area (Å²) < 4.78 is 10.4. The lowest BCUT2D eigenvalue weighted by molar-refractivity contribution is 0.140. The normalized spacial score (nSPS) is 11.7. The summed E-state index contributed by atoms with van der Waals surface area (Å²) in [7, 11) is 0. The van der Waals surface area contributed by atoms with Crippen molar-refractivity contribution >= 4 is 11.7 Å². The Bertz CT molecular complexity index is 566. The highest BCUT2D eigenvalue weighted by Crippen LogP contribution is 2.16. The highest BCUT2D eigenvalue weighted by atomic mass is 16.5. The number of hydrogen-bond acceptors (Lipinski definition) is 4. The molecule has 1 aromatic carbocycles. The van der Waals surface area contributed by atoms with Crippen molar-refractivity contribution in [3.63, 3.8) is 0 Å². The van der Waals surface area contributed by atoms with E-state index in [0.29, 0.717) is 31.0 Å². The molecule has 0 spiro atoms. The lowest BCUT2D eigenvalue weighted by atomic mass is 10.2.